The van der Waals surface area contributed by atoms with Crippen LogP contribution in [0.4, 0.5) is 0 Å². The van der Waals surface area contributed by atoms with Gasteiger partial charge in [-0.05, 0) is 6.08 Å². The molecule has 2 amide bonds. The predicted octanol–water partition coefficient (Wildman–Crippen LogP) is -0.676. The molecule has 0 spiro atoms. The zero-order valence-electron chi connectivity index (χ0n) is 5.07. The molecule has 0 N–H and O–H groups in total. The smallest absolute Gasteiger partial charge is 0.267 e. The molecule has 0 saturated carbocycles. The first kappa shape index (κ1) is 5.34. The van der Waals surface area contributed by atoms with Gasteiger partial charge in [0.1, 0.15) is 12.4 Å². The largest absolute Gasteiger partial charge is 0.283 e. The number of fused-ring (bicyclic) bond motifs is 1. The summed E-state index contributed by atoms with van der Waals surface area (Å²) in [6.07, 6.45) is 2.96. The summed E-state index contributed by atoms with van der Waals surface area (Å²) < 4.78 is 0. The third-order valence-corrected chi connectivity index (χ3v) is 1.45. The molecule has 4 heteroatoms. The van der Waals surface area contributed by atoms with Gasteiger partial charge in [-0.2, -0.15) is 4.99 Å². The second kappa shape index (κ2) is 1.53. The Hall–Kier alpha value is -1.45. The quantitative estimate of drug-likeness (QED) is 0.443. The van der Waals surface area contributed by atoms with Crippen LogP contribution < -0.4 is 0 Å². The van der Waals surface area contributed by atoms with E-state index < -0.39 is 0 Å². The van der Waals surface area contributed by atoms with Gasteiger partial charge in [0, 0.05) is 6.08 Å². The third-order valence-electron chi connectivity index (χ3n) is 1.45. The molecule has 0 unspecified atom stereocenters. The minimum absolute atomic E-state index is 0.112. The predicted molar refractivity (Wildman–Crippen MR) is 33.3 cm³/mol. The fraction of sp³-hybridized carbons (Fsp3) is 0.167. The lowest BCUT2D eigenvalue weighted by Crippen LogP contribution is -2.27. The first-order valence-electron chi connectivity index (χ1n) is 2.88. The van der Waals surface area contributed by atoms with Crippen molar-refractivity contribution in [3.05, 3.63) is 12.2 Å². The number of amidine groups is 1. The van der Waals surface area contributed by atoms with E-state index in [-0.39, 0.29) is 18.4 Å². The first-order valence-corrected chi connectivity index (χ1v) is 2.88. The highest BCUT2D eigenvalue weighted by atomic mass is 16.2. The normalized spacial score (nSPS) is 22.0. The van der Waals surface area contributed by atoms with Crippen molar-refractivity contribution in [2.45, 2.75) is 0 Å². The number of rotatable bonds is 0. The lowest BCUT2D eigenvalue weighted by molar-refractivity contribution is -0.125. The molecule has 4 nitrogen and oxygen atoms in total. The number of hydrogen-bond donors (Lipinski definition) is 0. The summed E-state index contributed by atoms with van der Waals surface area (Å²) in [6, 6.07) is 0. The molecule has 0 saturated heterocycles. The fourth-order valence-electron chi connectivity index (χ4n) is 0.994. The Labute approximate surface area is 56.8 Å². The highest BCUT2D eigenvalue weighted by Gasteiger charge is 2.29. The van der Waals surface area contributed by atoms with Gasteiger partial charge >= 0.3 is 0 Å². The number of carbonyl (C=O) groups is 2. The van der Waals surface area contributed by atoms with Crippen molar-refractivity contribution in [3.8, 4) is 0 Å². The Balaban J connectivity index is 2.43. The Bertz CT molecular complexity index is 277. The number of carbonyl (C=O) groups excluding carboxylic acids is 2. The molecule has 0 fully saturated rings. The van der Waals surface area contributed by atoms with Crippen LogP contribution in [0.1, 0.15) is 0 Å². The Morgan fingerprint density at radius 1 is 1.40 bits per heavy atom. The topological polar surface area (TPSA) is 49.7 Å². The maximum absolute atomic E-state index is 10.8. The van der Waals surface area contributed by atoms with Crippen molar-refractivity contribution in [1.29, 1.82) is 0 Å². The maximum Gasteiger partial charge on any atom is 0.267 e. The monoisotopic (exact) mass is 136 g/mol. The lowest BCUT2D eigenvalue weighted by Gasteiger charge is -2.05. The van der Waals surface area contributed by atoms with Gasteiger partial charge in [-0.1, -0.05) is 0 Å². The minimum atomic E-state index is -0.243. The van der Waals surface area contributed by atoms with Gasteiger partial charge in [0.25, 0.3) is 11.8 Å². The van der Waals surface area contributed by atoms with Crippen LogP contribution in [0.3, 0.4) is 0 Å². The number of amides is 2. The van der Waals surface area contributed by atoms with Gasteiger partial charge in [-0.15, -0.1) is 0 Å². The summed E-state index contributed by atoms with van der Waals surface area (Å²) >= 11 is 0. The molecule has 0 bridgehead atoms. The molecule has 2 rings (SSSR count). The molecule has 0 aromatic carbocycles. The van der Waals surface area contributed by atoms with Crippen LogP contribution in [0.15, 0.2) is 17.1 Å². The summed E-state index contributed by atoms with van der Waals surface area (Å²) in [6.45, 7) is 0.112. The van der Waals surface area contributed by atoms with Crippen LogP contribution in [0.25, 0.3) is 0 Å². The van der Waals surface area contributed by atoms with E-state index in [1.807, 2.05) is 0 Å². The Kier molecular flexibility index (Phi) is 0.818. The zero-order chi connectivity index (χ0) is 7.14. The summed E-state index contributed by atoms with van der Waals surface area (Å²) in [4.78, 5) is 26.3. The fourth-order valence-corrected chi connectivity index (χ4v) is 0.994. The van der Waals surface area contributed by atoms with Gasteiger partial charge in [0.2, 0.25) is 0 Å². The molecule has 2 aliphatic heterocycles. The molecule has 0 radical (unpaired) electrons. The van der Waals surface area contributed by atoms with Gasteiger partial charge in [-0.25, -0.2) is 0 Å². The molecule has 50 valence electrons. The van der Waals surface area contributed by atoms with Crippen LogP contribution >= 0.6 is 0 Å². The van der Waals surface area contributed by atoms with Gasteiger partial charge in [-0.3, -0.25) is 14.5 Å². The van der Waals surface area contributed by atoms with E-state index in [2.05, 4.69) is 4.99 Å². The van der Waals surface area contributed by atoms with E-state index in [0.29, 0.717) is 5.84 Å². The summed E-state index contributed by atoms with van der Waals surface area (Å²) in [7, 11) is 0. The summed E-state index contributed by atoms with van der Waals surface area (Å²) in [5.41, 5.74) is 0. The maximum atomic E-state index is 10.8. The van der Waals surface area contributed by atoms with Crippen molar-refractivity contribution in [1.82, 2.24) is 4.90 Å². The van der Waals surface area contributed by atoms with Crippen LogP contribution in [0.5, 0.6) is 0 Å². The molecular weight excluding hydrogens is 132 g/mol. The zero-order valence-corrected chi connectivity index (χ0v) is 5.07. The highest BCUT2D eigenvalue weighted by Crippen LogP contribution is 2.10. The third kappa shape index (κ3) is 0.528. The van der Waals surface area contributed by atoms with E-state index >= 15 is 0 Å². The number of hydrogen-bond acceptors (Lipinski definition) is 2. The van der Waals surface area contributed by atoms with E-state index in [0.717, 1.165) is 0 Å². The second-order valence-corrected chi connectivity index (χ2v) is 2.12. The van der Waals surface area contributed by atoms with E-state index in [9.17, 15) is 9.59 Å². The van der Waals surface area contributed by atoms with Crippen LogP contribution in [0.2, 0.25) is 0 Å². The van der Waals surface area contributed by atoms with Crippen LogP contribution in [-0.4, -0.2) is 29.1 Å². The average Bonchev–Trinajstić information content (AvgIpc) is 2.35. The number of nitrogens with zero attached hydrogens (tertiary/aromatic N) is 2. The minimum Gasteiger partial charge on any atom is -0.283 e. The Morgan fingerprint density at radius 2 is 2.20 bits per heavy atom. The SMILES string of the molecule is O=C1CN2C(=O)C=CC2=N1. The molecule has 0 atom stereocenters. The number of aliphatic imine (C=N–C) groups is 1. The Morgan fingerprint density at radius 3 is 2.90 bits per heavy atom. The van der Waals surface area contributed by atoms with Gasteiger partial charge < -0.3 is 0 Å². The van der Waals surface area contributed by atoms with Crippen molar-refractivity contribution in [2.24, 2.45) is 4.99 Å². The molecule has 2 heterocycles. The second-order valence-electron chi connectivity index (χ2n) is 2.12. The van der Waals surface area contributed by atoms with E-state index in [1.54, 1.807) is 6.08 Å². The van der Waals surface area contributed by atoms with Crippen molar-refractivity contribution in [3.63, 3.8) is 0 Å². The van der Waals surface area contributed by atoms with Gasteiger partial charge in [0.15, 0.2) is 0 Å². The lowest BCUT2D eigenvalue weighted by atomic mass is 10.5. The van der Waals surface area contributed by atoms with E-state index in [1.165, 1.54) is 11.0 Å². The standard InChI is InChI=1S/C6H4N2O2/c9-5-3-8-4(7-5)1-2-6(8)10/h1-2H,3H2. The molecule has 2 aliphatic rings. The van der Waals surface area contributed by atoms with Crippen molar-refractivity contribution in [2.75, 3.05) is 6.54 Å². The molecule has 10 heavy (non-hydrogen) atoms. The van der Waals surface area contributed by atoms with Crippen molar-refractivity contribution >= 4 is 17.6 Å². The van der Waals surface area contributed by atoms with Crippen LogP contribution in [0, 0.1) is 0 Å². The van der Waals surface area contributed by atoms with E-state index in [4.69, 9.17) is 0 Å². The molecule has 0 aliphatic carbocycles. The van der Waals surface area contributed by atoms with Crippen LogP contribution in [-0.2, 0) is 9.59 Å². The summed E-state index contributed by atoms with van der Waals surface area (Å²) in [5, 5.41) is 0. The molecular formula is C6H4N2O2. The first-order chi connectivity index (χ1) is 4.77. The average molecular weight is 136 g/mol. The highest BCUT2D eigenvalue weighted by molar-refractivity contribution is 6.22. The van der Waals surface area contributed by atoms with Gasteiger partial charge in [0.05, 0.1) is 0 Å². The molecule has 0 aromatic rings. The summed E-state index contributed by atoms with van der Waals surface area (Å²) in [5.74, 6) is 0.0901. The molecule has 0 aromatic heterocycles. The van der Waals surface area contributed by atoms with Crippen molar-refractivity contribution < 1.29 is 9.59 Å².